The Morgan fingerprint density at radius 1 is 1.50 bits per heavy atom. The standard InChI is InChI=1S/C12H15F3N2O/c1-2-6-3-9(6)17-10-5-11(18-12(14)15)7(13)4-8(10)16/h4-6,9,12,17H,2-3,16H2,1H3. The van der Waals surface area contributed by atoms with Crippen molar-refractivity contribution in [3.05, 3.63) is 17.9 Å². The fourth-order valence-electron chi connectivity index (χ4n) is 1.96. The van der Waals surface area contributed by atoms with Crippen molar-refractivity contribution in [1.29, 1.82) is 0 Å². The van der Waals surface area contributed by atoms with Gasteiger partial charge in [0.2, 0.25) is 0 Å². The molecule has 1 fully saturated rings. The molecule has 1 aromatic rings. The number of hydrogen-bond acceptors (Lipinski definition) is 3. The lowest BCUT2D eigenvalue weighted by Crippen LogP contribution is -2.09. The highest BCUT2D eigenvalue weighted by Crippen LogP contribution is 2.38. The van der Waals surface area contributed by atoms with Crippen molar-refractivity contribution < 1.29 is 17.9 Å². The summed E-state index contributed by atoms with van der Waals surface area (Å²) in [6.07, 6.45) is 2.05. The van der Waals surface area contributed by atoms with Gasteiger partial charge in [-0.25, -0.2) is 4.39 Å². The van der Waals surface area contributed by atoms with Gasteiger partial charge >= 0.3 is 6.61 Å². The second kappa shape index (κ2) is 4.96. The number of nitrogen functional groups attached to an aromatic ring is 1. The lowest BCUT2D eigenvalue weighted by Gasteiger charge is -2.12. The van der Waals surface area contributed by atoms with E-state index >= 15 is 0 Å². The average molecular weight is 260 g/mol. The second-order valence-corrected chi connectivity index (χ2v) is 4.40. The zero-order valence-electron chi connectivity index (χ0n) is 9.92. The Morgan fingerprint density at radius 3 is 2.78 bits per heavy atom. The lowest BCUT2D eigenvalue weighted by atomic mass is 10.2. The van der Waals surface area contributed by atoms with Crippen LogP contribution in [0, 0.1) is 11.7 Å². The molecule has 100 valence electrons. The normalized spacial score (nSPS) is 22.1. The van der Waals surface area contributed by atoms with Crippen LogP contribution in [-0.2, 0) is 0 Å². The highest BCUT2D eigenvalue weighted by molar-refractivity contribution is 5.69. The van der Waals surface area contributed by atoms with E-state index in [1.54, 1.807) is 0 Å². The van der Waals surface area contributed by atoms with Gasteiger partial charge in [-0.3, -0.25) is 0 Å². The van der Waals surface area contributed by atoms with Gasteiger partial charge in [-0.15, -0.1) is 0 Å². The molecule has 6 heteroatoms. The first-order valence-electron chi connectivity index (χ1n) is 5.81. The van der Waals surface area contributed by atoms with Crippen LogP contribution in [0.15, 0.2) is 12.1 Å². The van der Waals surface area contributed by atoms with Gasteiger partial charge in [0.1, 0.15) is 0 Å². The maximum atomic E-state index is 13.3. The van der Waals surface area contributed by atoms with Gasteiger partial charge < -0.3 is 15.8 Å². The predicted molar refractivity (Wildman–Crippen MR) is 63.3 cm³/mol. The van der Waals surface area contributed by atoms with Crippen molar-refractivity contribution in [2.45, 2.75) is 32.4 Å². The van der Waals surface area contributed by atoms with Gasteiger partial charge in [0.25, 0.3) is 0 Å². The molecule has 0 saturated heterocycles. The fraction of sp³-hybridized carbons (Fsp3) is 0.500. The Morgan fingerprint density at radius 2 is 2.22 bits per heavy atom. The Hall–Kier alpha value is -1.59. The molecule has 1 aliphatic carbocycles. The highest BCUT2D eigenvalue weighted by atomic mass is 19.3. The number of anilines is 2. The van der Waals surface area contributed by atoms with Crippen LogP contribution in [0.25, 0.3) is 0 Å². The highest BCUT2D eigenvalue weighted by Gasteiger charge is 2.35. The first-order chi connectivity index (χ1) is 8.51. The molecule has 2 rings (SSSR count). The summed E-state index contributed by atoms with van der Waals surface area (Å²) in [5, 5.41) is 3.11. The SMILES string of the molecule is CCC1CC1Nc1cc(OC(F)F)c(F)cc1N. The summed E-state index contributed by atoms with van der Waals surface area (Å²) in [5.41, 5.74) is 6.27. The van der Waals surface area contributed by atoms with Gasteiger partial charge in [0.05, 0.1) is 11.4 Å². The molecule has 2 unspecified atom stereocenters. The summed E-state index contributed by atoms with van der Waals surface area (Å²) in [7, 11) is 0. The van der Waals surface area contributed by atoms with E-state index in [1.165, 1.54) is 6.07 Å². The van der Waals surface area contributed by atoms with Crippen molar-refractivity contribution >= 4 is 11.4 Å². The number of ether oxygens (including phenoxy) is 1. The maximum Gasteiger partial charge on any atom is 0.387 e. The fourth-order valence-corrected chi connectivity index (χ4v) is 1.96. The summed E-state index contributed by atoms with van der Waals surface area (Å²) in [6.45, 7) is -0.980. The molecule has 1 aliphatic rings. The smallest absolute Gasteiger partial charge is 0.387 e. The summed E-state index contributed by atoms with van der Waals surface area (Å²) in [6, 6.07) is 2.45. The van der Waals surface area contributed by atoms with Gasteiger partial charge in [-0.2, -0.15) is 8.78 Å². The molecule has 0 spiro atoms. The molecule has 18 heavy (non-hydrogen) atoms. The molecule has 0 heterocycles. The van der Waals surface area contributed by atoms with E-state index in [2.05, 4.69) is 17.0 Å². The topological polar surface area (TPSA) is 47.3 Å². The van der Waals surface area contributed by atoms with Crippen molar-refractivity contribution in [3.63, 3.8) is 0 Å². The van der Waals surface area contributed by atoms with Crippen molar-refractivity contribution in [3.8, 4) is 5.75 Å². The molecule has 0 aromatic heterocycles. The van der Waals surface area contributed by atoms with Crippen molar-refractivity contribution in [2.75, 3.05) is 11.1 Å². The third-order valence-corrected chi connectivity index (χ3v) is 3.11. The Labute approximate surface area is 103 Å². The number of rotatable bonds is 5. The van der Waals surface area contributed by atoms with Crippen LogP contribution in [0.5, 0.6) is 5.75 Å². The van der Waals surface area contributed by atoms with Gasteiger partial charge in [-0.05, 0) is 12.3 Å². The van der Waals surface area contributed by atoms with Crippen LogP contribution >= 0.6 is 0 Å². The monoisotopic (exact) mass is 260 g/mol. The first kappa shape index (κ1) is 12.9. The summed E-state index contributed by atoms with van der Waals surface area (Å²) >= 11 is 0. The number of nitrogens with two attached hydrogens (primary N) is 1. The molecule has 0 radical (unpaired) electrons. The molecular weight excluding hydrogens is 245 g/mol. The van der Waals surface area contributed by atoms with Crippen molar-refractivity contribution in [2.24, 2.45) is 5.92 Å². The molecule has 0 bridgehead atoms. The molecule has 3 N–H and O–H groups in total. The third-order valence-electron chi connectivity index (χ3n) is 3.11. The van der Waals surface area contributed by atoms with Crippen molar-refractivity contribution in [1.82, 2.24) is 0 Å². The number of halogens is 3. The van der Waals surface area contributed by atoms with Gasteiger partial charge in [0, 0.05) is 18.2 Å². The van der Waals surface area contributed by atoms with Crippen LogP contribution in [0.3, 0.4) is 0 Å². The summed E-state index contributed by atoms with van der Waals surface area (Å²) < 4.78 is 41.6. The minimum atomic E-state index is -3.06. The second-order valence-electron chi connectivity index (χ2n) is 4.40. The van der Waals surface area contributed by atoms with Gasteiger partial charge in [-0.1, -0.05) is 13.3 Å². The first-order valence-corrected chi connectivity index (χ1v) is 5.81. The quantitative estimate of drug-likeness (QED) is 0.799. The lowest BCUT2D eigenvalue weighted by molar-refractivity contribution is -0.0521. The van der Waals surface area contributed by atoms with Gasteiger partial charge in [0.15, 0.2) is 11.6 Å². The van der Waals surface area contributed by atoms with E-state index in [-0.39, 0.29) is 11.7 Å². The molecule has 3 nitrogen and oxygen atoms in total. The minimum Gasteiger partial charge on any atom is -0.432 e. The molecule has 2 atom stereocenters. The zero-order valence-corrected chi connectivity index (χ0v) is 9.92. The third kappa shape index (κ3) is 2.80. The summed E-state index contributed by atoms with van der Waals surface area (Å²) in [5.74, 6) is -0.814. The average Bonchev–Trinajstić information content (AvgIpc) is 3.03. The largest absolute Gasteiger partial charge is 0.432 e. The zero-order chi connectivity index (χ0) is 13.3. The molecular formula is C12H15F3N2O. The van der Waals surface area contributed by atoms with Crippen LogP contribution in [0.4, 0.5) is 24.5 Å². The van der Waals surface area contributed by atoms with E-state index in [9.17, 15) is 13.2 Å². The summed E-state index contributed by atoms with van der Waals surface area (Å²) in [4.78, 5) is 0. The predicted octanol–water partition coefficient (Wildman–Crippen LogP) is 3.22. The van der Waals surface area contributed by atoms with E-state index in [0.717, 1.165) is 18.9 Å². The molecule has 1 saturated carbocycles. The maximum absolute atomic E-state index is 13.3. The van der Waals surface area contributed by atoms with E-state index < -0.39 is 18.2 Å². The Bertz CT molecular complexity index is 440. The van der Waals surface area contributed by atoms with E-state index in [4.69, 9.17) is 5.73 Å². The molecule has 0 aliphatic heterocycles. The number of alkyl halides is 2. The van der Waals surface area contributed by atoms with E-state index in [1.807, 2.05) is 0 Å². The molecule has 1 aromatic carbocycles. The minimum absolute atomic E-state index is 0.191. The molecule has 0 amide bonds. The van der Waals surface area contributed by atoms with Crippen LogP contribution in [-0.4, -0.2) is 12.7 Å². The van der Waals surface area contributed by atoms with Crippen LogP contribution in [0.2, 0.25) is 0 Å². The van der Waals surface area contributed by atoms with Crippen LogP contribution < -0.4 is 15.8 Å². The Kier molecular flexibility index (Phi) is 3.54. The number of hydrogen-bond donors (Lipinski definition) is 2. The van der Waals surface area contributed by atoms with E-state index in [0.29, 0.717) is 11.6 Å². The Balaban J connectivity index is 2.14. The number of benzene rings is 1. The van der Waals surface area contributed by atoms with Crippen LogP contribution in [0.1, 0.15) is 19.8 Å². The number of nitrogens with one attached hydrogen (secondary N) is 1.